The number of esters is 1. The lowest BCUT2D eigenvalue weighted by Crippen LogP contribution is -2.42. The maximum absolute atomic E-state index is 12.6. The molecule has 1 aromatic heterocycles. The number of piperidine rings is 1. The number of nitrogens with one attached hydrogen (secondary N) is 1. The Bertz CT molecular complexity index is 945. The summed E-state index contributed by atoms with van der Waals surface area (Å²) >= 11 is 0. The van der Waals surface area contributed by atoms with Crippen LogP contribution in [0.25, 0.3) is 0 Å². The molecule has 8 nitrogen and oxygen atoms in total. The third kappa shape index (κ3) is 5.35. The zero-order valence-electron chi connectivity index (χ0n) is 17.0. The SMILES string of the molecule is Cn1c(NCC(CN2CCCCC2)OC(=O)c2ccccc2)cc(=O)n(C)c1=O. The van der Waals surface area contributed by atoms with E-state index in [0.717, 1.165) is 30.5 Å². The van der Waals surface area contributed by atoms with Gasteiger partial charge >= 0.3 is 11.7 Å². The second-order valence-electron chi connectivity index (χ2n) is 7.40. The maximum Gasteiger partial charge on any atom is 0.338 e. The Morgan fingerprint density at radius 2 is 1.76 bits per heavy atom. The van der Waals surface area contributed by atoms with Gasteiger partial charge in [0.25, 0.3) is 5.56 Å². The molecule has 8 heteroatoms. The molecule has 1 unspecified atom stereocenters. The highest BCUT2D eigenvalue weighted by molar-refractivity contribution is 5.89. The standard InChI is InChI=1S/C21H28N4O4/c1-23-18(13-19(26)24(2)21(23)28)22-14-17(15-25-11-7-4-8-12-25)29-20(27)16-9-5-3-6-10-16/h3,5-6,9-10,13,17,22H,4,7-8,11-12,14-15H2,1-2H3. The second-order valence-corrected chi connectivity index (χ2v) is 7.40. The molecule has 0 aliphatic carbocycles. The monoisotopic (exact) mass is 400 g/mol. The molecule has 2 aromatic rings. The first-order valence-corrected chi connectivity index (χ1v) is 9.95. The van der Waals surface area contributed by atoms with Crippen molar-refractivity contribution in [2.45, 2.75) is 25.4 Å². The van der Waals surface area contributed by atoms with E-state index in [0.29, 0.717) is 24.5 Å². The number of hydrogen-bond donors (Lipinski definition) is 1. The largest absolute Gasteiger partial charge is 0.456 e. The molecule has 0 amide bonds. The van der Waals surface area contributed by atoms with Crippen molar-refractivity contribution in [1.82, 2.24) is 14.0 Å². The van der Waals surface area contributed by atoms with Gasteiger partial charge < -0.3 is 10.1 Å². The summed E-state index contributed by atoms with van der Waals surface area (Å²) in [5, 5.41) is 3.11. The molecular formula is C21H28N4O4. The molecule has 0 saturated carbocycles. The smallest absolute Gasteiger partial charge is 0.338 e. The van der Waals surface area contributed by atoms with Crippen LogP contribution in [-0.2, 0) is 18.8 Å². The fourth-order valence-corrected chi connectivity index (χ4v) is 3.49. The minimum atomic E-state index is -0.417. The summed E-state index contributed by atoms with van der Waals surface area (Å²) in [5.41, 5.74) is -0.296. The summed E-state index contributed by atoms with van der Waals surface area (Å²) in [7, 11) is 3.04. The van der Waals surface area contributed by atoms with Crippen LogP contribution in [0.5, 0.6) is 0 Å². The number of anilines is 1. The number of carbonyl (C=O) groups excluding carboxylic acids is 1. The molecule has 1 N–H and O–H groups in total. The van der Waals surface area contributed by atoms with Gasteiger partial charge in [-0.05, 0) is 38.1 Å². The number of nitrogens with zero attached hydrogens (tertiary/aromatic N) is 3. The van der Waals surface area contributed by atoms with Crippen LogP contribution in [0.2, 0.25) is 0 Å². The Hall–Kier alpha value is -2.87. The van der Waals surface area contributed by atoms with Crippen LogP contribution in [0, 0.1) is 0 Å². The Kier molecular flexibility index (Phi) is 6.87. The number of benzene rings is 1. The summed E-state index contributed by atoms with van der Waals surface area (Å²) in [6.45, 7) is 2.85. The van der Waals surface area contributed by atoms with Gasteiger partial charge in [-0.25, -0.2) is 9.59 Å². The Labute approximate surface area is 169 Å². The third-order valence-corrected chi connectivity index (χ3v) is 5.23. The van der Waals surface area contributed by atoms with Crippen molar-refractivity contribution in [2.24, 2.45) is 14.1 Å². The minimum Gasteiger partial charge on any atom is -0.456 e. The van der Waals surface area contributed by atoms with Crippen molar-refractivity contribution in [3.63, 3.8) is 0 Å². The van der Waals surface area contributed by atoms with Crippen molar-refractivity contribution >= 4 is 11.8 Å². The molecule has 0 spiro atoms. The number of rotatable bonds is 7. The fraction of sp³-hybridized carbons (Fsp3) is 0.476. The first-order chi connectivity index (χ1) is 14.0. The normalized spacial score (nSPS) is 15.7. The van der Waals surface area contributed by atoms with E-state index in [4.69, 9.17) is 4.74 Å². The highest BCUT2D eigenvalue weighted by Gasteiger charge is 2.21. The average molecular weight is 400 g/mol. The predicted molar refractivity (Wildman–Crippen MR) is 111 cm³/mol. The van der Waals surface area contributed by atoms with E-state index in [9.17, 15) is 14.4 Å². The molecule has 1 fully saturated rings. The molecular weight excluding hydrogens is 372 g/mol. The molecule has 1 aromatic carbocycles. The molecule has 0 radical (unpaired) electrons. The van der Waals surface area contributed by atoms with Gasteiger partial charge in [0.1, 0.15) is 11.9 Å². The van der Waals surface area contributed by atoms with E-state index in [-0.39, 0.29) is 11.5 Å². The van der Waals surface area contributed by atoms with E-state index < -0.39 is 11.8 Å². The number of aromatic nitrogens is 2. The van der Waals surface area contributed by atoms with Crippen LogP contribution in [0.4, 0.5) is 5.82 Å². The number of ether oxygens (including phenoxy) is 1. The lowest BCUT2D eigenvalue weighted by Gasteiger charge is -2.30. The summed E-state index contributed by atoms with van der Waals surface area (Å²) in [5.74, 6) is 0.0183. The number of likely N-dealkylation sites (tertiary alicyclic amines) is 1. The second kappa shape index (κ2) is 9.56. The Balaban J connectivity index is 1.73. The summed E-state index contributed by atoms with van der Waals surface area (Å²) in [4.78, 5) is 38.9. The van der Waals surface area contributed by atoms with Gasteiger partial charge in [-0.1, -0.05) is 24.6 Å². The predicted octanol–water partition coefficient (Wildman–Crippen LogP) is 1.21. The molecule has 1 atom stereocenters. The minimum absolute atomic E-state index is 0.301. The van der Waals surface area contributed by atoms with Crippen molar-refractivity contribution in [1.29, 1.82) is 0 Å². The van der Waals surface area contributed by atoms with Gasteiger partial charge in [0.15, 0.2) is 0 Å². The first-order valence-electron chi connectivity index (χ1n) is 9.95. The number of carbonyl (C=O) groups is 1. The zero-order valence-corrected chi connectivity index (χ0v) is 17.0. The molecule has 2 heterocycles. The van der Waals surface area contributed by atoms with Crippen LogP contribution in [0.1, 0.15) is 29.6 Å². The molecule has 1 saturated heterocycles. The molecule has 1 aliphatic heterocycles. The first kappa shape index (κ1) is 20.9. The van der Waals surface area contributed by atoms with E-state index in [2.05, 4.69) is 10.2 Å². The van der Waals surface area contributed by atoms with Crippen LogP contribution in [0.3, 0.4) is 0 Å². The van der Waals surface area contributed by atoms with E-state index in [1.54, 1.807) is 31.3 Å². The summed E-state index contributed by atoms with van der Waals surface area (Å²) in [6.07, 6.45) is 3.07. The van der Waals surface area contributed by atoms with E-state index in [1.165, 1.54) is 24.1 Å². The molecule has 0 bridgehead atoms. The fourth-order valence-electron chi connectivity index (χ4n) is 3.49. The maximum atomic E-state index is 12.6. The van der Waals surface area contributed by atoms with Gasteiger partial charge in [0, 0.05) is 26.7 Å². The van der Waals surface area contributed by atoms with Crippen molar-refractivity contribution in [3.8, 4) is 0 Å². The summed E-state index contributed by atoms with van der Waals surface area (Å²) in [6, 6.07) is 10.3. The van der Waals surface area contributed by atoms with Gasteiger partial charge in [-0.15, -0.1) is 0 Å². The topological polar surface area (TPSA) is 85.6 Å². The highest BCUT2D eigenvalue weighted by atomic mass is 16.5. The molecule has 1 aliphatic rings. The third-order valence-electron chi connectivity index (χ3n) is 5.23. The van der Waals surface area contributed by atoms with Gasteiger partial charge in [-0.3, -0.25) is 18.8 Å². The lowest BCUT2D eigenvalue weighted by atomic mass is 10.1. The van der Waals surface area contributed by atoms with Gasteiger partial charge in [-0.2, -0.15) is 0 Å². The zero-order chi connectivity index (χ0) is 20.8. The van der Waals surface area contributed by atoms with Crippen LogP contribution in [-0.4, -0.2) is 52.3 Å². The highest BCUT2D eigenvalue weighted by Crippen LogP contribution is 2.12. The number of hydrogen-bond acceptors (Lipinski definition) is 6. The van der Waals surface area contributed by atoms with Gasteiger partial charge in [0.2, 0.25) is 0 Å². The van der Waals surface area contributed by atoms with E-state index >= 15 is 0 Å². The van der Waals surface area contributed by atoms with E-state index in [1.807, 2.05) is 6.07 Å². The molecule has 156 valence electrons. The quantitative estimate of drug-likeness (QED) is 0.703. The van der Waals surface area contributed by atoms with Crippen LogP contribution in [0.15, 0.2) is 46.0 Å². The van der Waals surface area contributed by atoms with Crippen molar-refractivity contribution < 1.29 is 9.53 Å². The Morgan fingerprint density at radius 3 is 2.45 bits per heavy atom. The van der Waals surface area contributed by atoms with Gasteiger partial charge in [0.05, 0.1) is 12.1 Å². The van der Waals surface area contributed by atoms with Crippen LogP contribution >= 0.6 is 0 Å². The average Bonchev–Trinajstić information content (AvgIpc) is 2.75. The molecule has 29 heavy (non-hydrogen) atoms. The lowest BCUT2D eigenvalue weighted by molar-refractivity contribution is 0.0220. The van der Waals surface area contributed by atoms with Crippen molar-refractivity contribution in [3.05, 3.63) is 62.8 Å². The molecule has 3 rings (SSSR count). The van der Waals surface area contributed by atoms with Crippen LogP contribution < -0.4 is 16.6 Å². The van der Waals surface area contributed by atoms with Crippen molar-refractivity contribution in [2.75, 3.05) is 31.5 Å². The summed E-state index contributed by atoms with van der Waals surface area (Å²) < 4.78 is 8.19. The Morgan fingerprint density at radius 1 is 1.07 bits per heavy atom.